The van der Waals surface area contributed by atoms with Crippen LogP contribution >= 0.6 is 0 Å². The van der Waals surface area contributed by atoms with E-state index in [4.69, 9.17) is 0 Å². The molecule has 88 valence electrons. The van der Waals surface area contributed by atoms with Gasteiger partial charge < -0.3 is 10.2 Å². The van der Waals surface area contributed by atoms with Crippen LogP contribution in [0.5, 0.6) is 0 Å². The minimum atomic E-state index is 0.325. The molecule has 0 bridgehead atoms. The molecule has 0 unspecified atom stereocenters. The second kappa shape index (κ2) is 6.83. The molecule has 1 fully saturated rings. The smallest absolute Gasteiger partial charge is 0.222 e. The lowest BCUT2D eigenvalue weighted by atomic mass is 9.94. The van der Waals surface area contributed by atoms with Gasteiger partial charge >= 0.3 is 0 Å². The summed E-state index contributed by atoms with van der Waals surface area (Å²) in [6, 6.07) is 0. The topological polar surface area (TPSA) is 32.3 Å². The Labute approximate surface area is 93.2 Å². The summed E-state index contributed by atoms with van der Waals surface area (Å²) in [6.07, 6.45) is 4.35. The van der Waals surface area contributed by atoms with E-state index in [1.54, 1.807) is 0 Å². The average molecular weight is 212 g/mol. The fourth-order valence-electron chi connectivity index (χ4n) is 2.23. The van der Waals surface area contributed by atoms with Gasteiger partial charge in [0.1, 0.15) is 0 Å². The van der Waals surface area contributed by atoms with Crippen molar-refractivity contribution in [2.75, 3.05) is 26.2 Å². The van der Waals surface area contributed by atoms with Gasteiger partial charge in [0.15, 0.2) is 0 Å². The van der Waals surface area contributed by atoms with Crippen LogP contribution < -0.4 is 5.32 Å². The minimum absolute atomic E-state index is 0.325. The summed E-state index contributed by atoms with van der Waals surface area (Å²) >= 11 is 0. The molecule has 1 atom stereocenters. The van der Waals surface area contributed by atoms with Gasteiger partial charge in [-0.15, -0.1) is 0 Å². The van der Waals surface area contributed by atoms with Crippen molar-refractivity contribution in [3.05, 3.63) is 0 Å². The van der Waals surface area contributed by atoms with E-state index in [0.717, 1.165) is 44.9 Å². The lowest BCUT2D eigenvalue weighted by Gasteiger charge is -2.24. The van der Waals surface area contributed by atoms with Crippen molar-refractivity contribution >= 4 is 5.91 Å². The van der Waals surface area contributed by atoms with Gasteiger partial charge in [-0.05, 0) is 52.1 Å². The molecule has 0 radical (unpaired) electrons. The maximum absolute atomic E-state index is 11.8. The molecule has 1 N–H and O–H groups in total. The third-order valence-electron chi connectivity index (χ3n) is 3.28. The molecule has 1 heterocycles. The molecule has 0 aromatic heterocycles. The summed E-state index contributed by atoms with van der Waals surface area (Å²) in [5.41, 5.74) is 0. The van der Waals surface area contributed by atoms with Crippen molar-refractivity contribution in [1.29, 1.82) is 0 Å². The molecule has 1 aliphatic heterocycles. The first-order valence-corrected chi connectivity index (χ1v) is 6.26. The van der Waals surface area contributed by atoms with Gasteiger partial charge in [-0.2, -0.15) is 0 Å². The predicted molar refractivity (Wildman–Crippen MR) is 62.8 cm³/mol. The lowest BCUT2D eigenvalue weighted by molar-refractivity contribution is -0.131. The Bertz CT molecular complexity index is 184. The molecule has 0 spiro atoms. The standard InChI is InChI=1S/C12H24N2O/c1-3-14(4-2)12(15)8-7-11-6-5-9-13-10-11/h11,13H,3-10H2,1-2H3/t11-/m1/s1. The molecule has 15 heavy (non-hydrogen) atoms. The largest absolute Gasteiger partial charge is 0.343 e. The Hall–Kier alpha value is -0.570. The summed E-state index contributed by atoms with van der Waals surface area (Å²) in [4.78, 5) is 13.7. The van der Waals surface area contributed by atoms with Crippen LogP contribution in [0, 0.1) is 5.92 Å². The highest BCUT2D eigenvalue weighted by Gasteiger charge is 2.16. The van der Waals surface area contributed by atoms with E-state index in [1.807, 2.05) is 18.7 Å². The van der Waals surface area contributed by atoms with Crippen molar-refractivity contribution in [1.82, 2.24) is 10.2 Å². The number of hydrogen-bond donors (Lipinski definition) is 1. The number of amides is 1. The molecule has 0 aliphatic carbocycles. The zero-order chi connectivity index (χ0) is 11.1. The van der Waals surface area contributed by atoms with Crippen LogP contribution in [0.1, 0.15) is 39.5 Å². The van der Waals surface area contributed by atoms with Crippen LogP contribution in [0.15, 0.2) is 0 Å². The Balaban J connectivity index is 2.20. The van der Waals surface area contributed by atoms with Gasteiger partial charge in [0.25, 0.3) is 0 Å². The summed E-state index contributed by atoms with van der Waals surface area (Å²) in [5.74, 6) is 1.05. The quantitative estimate of drug-likeness (QED) is 0.751. The Morgan fingerprint density at radius 1 is 1.40 bits per heavy atom. The highest BCUT2D eigenvalue weighted by atomic mass is 16.2. The van der Waals surface area contributed by atoms with Gasteiger partial charge in [-0.25, -0.2) is 0 Å². The minimum Gasteiger partial charge on any atom is -0.343 e. The molecular weight excluding hydrogens is 188 g/mol. The monoisotopic (exact) mass is 212 g/mol. The van der Waals surface area contributed by atoms with Crippen molar-refractivity contribution in [3.63, 3.8) is 0 Å². The summed E-state index contributed by atoms with van der Waals surface area (Å²) in [5, 5.41) is 3.39. The first-order valence-electron chi connectivity index (χ1n) is 6.26. The lowest BCUT2D eigenvalue weighted by Crippen LogP contribution is -2.33. The van der Waals surface area contributed by atoms with Crippen LogP contribution in [0.4, 0.5) is 0 Å². The number of hydrogen-bond acceptors (Lipinski definition) is 2. The third-order valence-corrected chi connectivity index (χ3v) is 3.28. The molecule has 3 heteroatoms. The highest BCUT2D eigenvalue weighted by molar-refractivity contribution is 5.76. The number of carbonyl (C=O) groups is 1. The van der Waals surface area contributed by atoms with Gasteiger partial charge in [0, 0.05) is 19.5 Å². The van der Waals surface area contributed by atoms with Gasteiger partial charge in [-0.3, -0.25) is 4.79 Å². The van der Waals surface area contributed by atoms with Gasteiger partial charge in [0.05, 0.1) is 0 Å². The summed E-state index contributed by atoms with van der Waals surface area (Å²) in [7, 11) is 0. The maximum atomic E-state index is 11.8. The number of carbonyl (C=O) groups excluding carboxylic acids is 1. The molecule has 3 nitrogen and oxygen atoms in total. The second-order valence-corrected chi connectivity index (χ2v) is 4.32. The molecule has 1 rings (SSSR count). The van der Waals surface area contributed by atoms with Crippen LogP contribution in [-0.2, 0) is 4.79 Å². The summed E-state index contributed by atoms with van der Waals surface area (Å²) < 4.78 is 0. The molecule has 0 aromatic carbocycles. The van der Waals surface area contributed by atoms with E-state index >= 15 is 0 Å². The van der Waals surface area contributed by atoms with Crippen molar-refractivity contribution in [2.24, 2.45) is 5.92 Å². The molecule has 0 aromatic rings. The van der Waals surface area contributed by atoms with Gasteiger partial charge in [0.2, 0.25) is 5.91 Å². The Kier molecular flexibility index (Phi) is 5.69. The van der Waals surface area contributed by atoms with E-state index in [-0.39, 0.29) is 0 Å². The van der Waals surface area contributed by atoms with E-state index in [1.165, 1.54) is 12.8 Å². The first-order chi connectivity index (χ1) is 7.27. The summed E-state index contributed by atoms with van der Waals surface area (Å²) in [6.45, 7) is 8.04. The predicted octanol–water partition coefficient (Wildman–Crippen LogP) is 1.63. The van der Waals surface area contributed by atoms with Gasteiger partial charge in [-0.1, -0.05) is 0 Å². The fraction of sp³-hybridized carbons (Fsp3) is 0.917. The Morgan fingerprint density at radius 3 is 2.67 bits per heavy atom. The zero-order valence-electron chi connectivity index (χ0n) is 10.1. The van der Waals surface area contributed by atoms with E-state index in [9.17, 15) is 4.79 Å². The third kappa shape index (κ3) is 4.20. The number of nitrogens with one attached hydrogen (secondary N) is 1. The van der Waals surface area contributed by atoms with E-state index in [2.05, 4.69) is 5.32 Å². The maximum Gasteiger partial charge on any atom is 0.222 e. The fourth-order valence-corrected chi connectivity index (χ4v) is 2.23. The van der Waals surface area contributed by atoms with Crippen LogP contribution in [-0.4, -0.2) is 37.0 Å². The van der Waals surface area contributed by atoms with Crippen LogP contribution in [0.3, 0.4) is 0 Å². The van der Waals surface area contributed by atoms with Crippen LogP contribution in [0.2, 0.25) is 0 Å². The highest BCUT2D eigenvalue weighted by Crippen LogP contribution is 2.16. The second-order valence-electron chi connectivity index (χ2n) is 4.32. The van der Waals surface area contributed by atoms with Crippen molar-refractivity contribution in [3.8, 4) is 0 Å². The molecular formula is C12H24N2O. The zero-order valence-corrected chi connectivity index (χ0v) is 10.1. The molecule has 0 saturated carbocycles. The number of piperidine rings is 1. The van der Waals surface area contributed by atoms with Crippen molar-refractivity contribution < 1.29 is 4.79 Å². The molecule has 1 aliphatic rings. The number of nitrogens with zero attached hydrogens (tertiary/aromatic N) is 1. The molecule has 1 saturated heterocycles. The van der Waals surface area contributed by atoms with E-state index < -0.39 is 0 Å². The Morgan fingerprint density at radius 2 is 2.13 bits per heavy atom. The van der Waals surface area contributed by atoms with E-state index in [0.29, 0.717) is 5.91 Å². The average Bonchev–Trinajstić information content (AvgIpc) is 2.29. The first kappa shape index (κ1) is 12.5. The van der Waals surface area contributed by atoms with Crippen molar-refractivity contribution in [2.45, 2.75) is 39.5 Å². The normalized spacial score (nSPS) is 21.3. The van der Waals surface area contributed by atoms with Crippen LogP contribution in [0.25, 0.3) is 0 Å². The molecule has 1 amide bonds. The number of rotatable bonds is 5. The SMILES string of the molecule is CCN(CC)C(=O)CC[C@H]1CCCNC1.